The highest BCUT2D eigenvalue weighted by atomic mass is 16.5. The topological polar surface area (TPSA) is 29.5 Å². The Morgan fingerprint density at radius 2 is 2.07 bits per heavy atom. The van der Waals surface area contributed by atoms with Crippen LogP contribution in [0, 0.1) is 11.8 Å². The van der Waals surface area contributed by atoms with E-state index in [-0.39, 0.29) is 0 Å². The van der Waals surface area contributed by atoms with Crippen LogP contribution >= 0.6 is 0 Å². The first-order valence-electron chi connectivity index (χ1n) is 5.79. The maximum atomic E-state index is 10.2. The lowest BCUT2D eigenvalue weighted by molar-refractivity contribution is -0.0424. The van der Waals surface area contributed by atoms with E-state index in [1.165, 1.54) is 6.42 Å². The lowest BCUT2D eigenvalue weighted by atomic mass is 9.88. The van der Waals surface area contributed by atoms with Gasteiger partial charge in [0.15, 0.2) is 0 Å². The maximum absolute atomic E-state index is 10.2. The minimum Gasteiger partial charge on any atom is -0.387 e. The Labute approximate surface area is 87.7 Å². The van der Waals surface area contributed by atoms with Crippen molar-refractivity contribution in [3.63, 3.8) is 0 Å². The van der Waals surface area contributed by atoms with E-state index in [1.54, 1.807) is 7.11 Å². The van der Waals surface area contributed by atoms with E-state index in [4.69, 9.17) is 4.74 Å². The number of hydrogen-bond acceptors (Lipinski definition) is 2. The molecular weight excluding hydrogens is 176 g/mol. The summed E-state index contributed by atoms with van der Waals surface area (Å²) < 4.78 is 5.09. The molecule has 1 saturated carbocycles. The van der Waals surface area contributed by atoms with E-state index in [2.05, 4.69) is 13.8 Å². The van der Waals surface area contributed by atoms with Gasteiger partial charge in [0.1, 0.15) is 0 Å². The average Bonchev–Trinajstić information content (AvgIpc) is 2.28. The summed E-state index contributed by atoms with van der Waals surface area (Å²) in [4.78, 5) is 0. The Balaban J connectivity index is 2.47. The molecule has 0 aromatic heterocycles. The van der Waals surface area contributed by atoms with Crippen molar-refractivity contribution in [2.24, 2.45) is 11.8 Å². The first-order chi connectivity index (χ1) is 6.57. The van der Waals surface area contributed by atoms with Gasteiger partial charge in [0, 0.05) is 7.11 Å². The van der Waals surface area contributed by atoms with E-state index in [1.807, 2.05) is 0 Å². The molecule has 2 unspecified atom stereocenters. The van der Waals surface area contributed by atoms with Crippen molar-refractivity contribution in [3.05, 3.63) is 0 Å². The van der Waals surface area contributed by atoms with E-state index in [9.17, 15) is 5.11 Å². The van der Waals surface area contributed by atoms with Gasteiger partial charge in [-0.05, 0) is 31.1 Å². The molecule has 0 heterocycles. The Bertz CT molecular complexity index is 168. The lowest BCUT2D eigenvalue weighted by Crippen LogP contribution is -2.33. The molecule has 1 fully saturated rings. The monoisotopic (exact) mass is 200 g/mol. The Kier molecular flexibility index (Phi) is 4.39. The van der Waals surface area contributed by atoms with E-state index in [0.29, 0.717) is 6.61 Å². The van der Waals surface area contributed by atoms with E-state index >= 15 is 0 Å². The van der Waals surface area contributed by atoms with Gasteiger partial charge < -0.3 is 9.84 Å². The predicted octanol–water partition coefficient (Wildman–Crippen LogP) is 2.60. The SMILES string of the molecule is COCC1(O)CCCC(C(C)C)CC1. The van der Waals surface area contributed by atoms with Crippen LogP contribution in [-0.2, 0) is 4.74 Å². The Morgan fingerprint density at radius 1 is 1.36 bits per heavy atom. The largest absolute Gasteiger partial charge is 0.387 e. The van der Waals surface area contributed by atoms with E-state index in [0.717, 1.165) is 37.5 Å². The molecule has 0 aromatic rings. The summed E-state index contributed by atoms with van der Waals surface area (Å²) in [6.45, 7) is 5.06. The van der Waals surface area contributed by atoms with Gasteiger partial charge in [0.25, 0.3) is 0 Å². The van der Waals surface area contributed by atoms with Gasteiger partial charge in [0.05, 0.1) is 12.2 Å². The molecule has 1 rings (SSSR count). The van der Waals surface area contributed by atoms with Crippen LogP contribution < -0.4 is 0 Å². The Morgan fingerprint density at radius 3 is 2.64 bits per heavy atom. The third-order valence-electron chi connectivity index (χ3n) is 3.55. The number of ether oxygens (including phenoxy) is 1. The van der Waals surface area contributed by atoms with Gasteiger partial charge in [-0.2, -0.15) is 0 Å². The fraction of sp³-hybridized carbons (Fsp3) is 1.00. The van der Waals surface area contributed by atoms with Crippen molar-refractivity contribution in [2.75, 3.05) is 13.7 Å². The molecule has 84 valence electrons. The highest BCUT2D eigenvalue weighted by Crippen LogP contribution is 2.33. The van der Waals surface area contributed by atoms with Gasteiger partial charge in [-0.25, -0.2) is 0 Å². The highest BCUT2D eigenvalue weighted by Gasteiger charge is 2.31. The van der Waals surface area contributed by atoms with Crippen molar-refractivity contribution < 1.29 is 9.84 Å². The molecule has 0 saturated heterocycles. The fourth-order valence-electron chi connectivity index (χ4n) is 2.50. The summed E-state index contributed by atoms with van der Waals surface area (Å²) in [6, 6.07) is 0. The van der Waals surface area contributed by atoms with Gasteiger partial charge in [-0.15, -0.1) is 0 Å². The molecule has 14 heavy (non-hydrogen) atoms. The predicted molar refractivity (Wildman–Crippen MR) is 58.2 cm³/mol. The molecule has 0 radical (unpaired) electrons. The fourth-order valence-corrected chi connectivity index (χ4v) is 2.50. The van der Waals surface area contributed by atoms with E-state index < -0.39 is 5.60 Å². The maximum Gasteiger partial charge on any atom is 0.0880 e. The smallest absolute Gasteiger partial charge is 0.0880 e. The third kappa shape index (κ3) is 3.25. The van der Waals surface area contributed by atoms with Crippen LogP contribution in [0.15, 0.2) is 0 Å². The van der Waals surface area contributed by atoms with Crippen LogP contribution in [0.25, 0.3) is 0 Å². The molecule has 0 amide bonds. The highest BCUT2D eigenvalue weighted by molar-refractivity contribution is 4.83. The summed E-state index contributed by atoms with van der Waals surface area (Å²) in [6.07, 6.45) is 5.37. The lowest BCUT2D eigenvalue weighted by Gasteiger charge is -2.26. The van der Waals surface area contributed by atoms with Crippen molar-refractivity contribution in [3.8, 4) is 0 Å². The molecule has 2 nitrogen and oxygen atoms in total. The molecule has 0 bridgehead atoms. The standard InChI is InChI=1S/C12H24O2/c1-10(2)11-5-4-7-12(13,8-6-11)9-14-3/h10-11,13H,4-9H2,1-3H3. The number of methoxy groups -OCH3 is 1. The molecule has 0 spiro atoms. The summed E-state index contributed by atoms with van der Waals surface area (Å²) >= 11 is 0. The third-order valence-corrected chi connectivity index (χ3v) is 3.55. The first-order valence-corrected chi connectivity index (χ1v) is 5.79. The van der Waals surface area contributed by atoms with Gasteiger partial charge >= 0.3 is 0 Å². The zero-order chi connectivity index (χ0) is 10.6. The van der Waals surface area contributed by atoms with Crippen LogP contribution in [-0.4, -0.2) is 24.4 Å². The normalized spacial score (nSPS) is 34.5. The molecular formula is C12H24O2. The van der Waals surface area contributed by atoms with Crippen molar-refractivity contribution in [1.29, 1.82) is 0 Å². The van der Waals surface area contributed by atoms with Crippen LogP contribution in [0.4, 0.5) is 0 Å². The van der Waals surface area contributed by atoms with Crippen LogP contribution in [0.5, 0.6) is 0 Å². The van der Waals surface area contributed by atoms with Gasteiger partial charge in [-0.3, -0.25) is 0 Å². The summed E-state index contributed by atoms with van der Waals surface area (Å²) in [5, 5.41) is 10.2. The van der Waals surface area contributed by atoms with Crippen molar-refractivity contribution >= 4 is 0 Å². The second-order valence-electron chi connectivity index (χ2n) is 5.09. The zero-order valence-electron chi connectivity index (χ0n) is 9.75. The molecule has 1 N–H and O–H groups in total. The number of hydrogen-bond donors (Lipinski definition) is 1. The average molecular weight is 200 g/mol. The minimum absolute atomic E-state index is 0.498. The van der Waals surface area contributed by atoms with Crippen LogP contribution in [0.3, 0.4) is 0 Å². The number of aliphatic hydroxyl groups is 1. The second-order valence-corrected chi connectivity index (χ2v) is 5.09. The first kappa shape index (κ1) is 12.0. The van der Waals surface area contributed by atoms with Crippen LogP contribution in [0.2, 0.25) is 0 Å². The quantitative estimate of drug-likeness (QED) is 0.710. The second kappa shape index (κ2) is 5.13. The van der Waals surface area contributed by atoms with Crippen molar-refractivity contribution in [2.45, 2.75) is 51.6 Å². The zero-order valence-corrected chi connectivity index (χ0v) is 9.75. The summed E-state index contributed by atoms with van der Waals surface area (Å²) in [5.41, 5.74) is -0.543. The molecule has 1 aliphatic rings. The molecule has 2 heteroatoms. The Hall–Kier alpha value is -0.0800. The molecule has 0 aliphatic heterocycles. The van der Waals surface area contributed by atoms with Crippen LogP contribution in [0.1, 0.15) is 46.0 Å². The number of rotatable bonds is 3. The van der Waals surface area contributed by atoms with Gasteiger partial charge in [-0.1, -0.05) is 26.7 Å². The van der Waals surface area contributed by atoms with Crippen molar-refractivity contribution in [1.82, 2.24) is 0 Å². The summed E-state index contributed by atoms with van der Waals surface area (Å²) in [5.74, 6) is 1.54. The summed E-state index contributed by atoms with van der Waals surface area (Å²) in [7, 11) is 1.67. The molecule has 1 aliphatic carbocycles. The minimum atomic E-state index is -0.543. The molecule has 2 atom stereocenters. The van der Waals surface area contributed by atoms with Gasteiger partial charge in [0.2, 0.25) is 0 Å². The molecule has 0 aromatic carbocycles.